The number of nitrogens with one attached hydrogen (secondary N) is 1. The molecule has 1 aliphatic carbocycles. The van der Waals surface area contributed by atoms with Crippen molar-refractivity contribution in [3.8, 4) is 0 Å². The van der Waals surface area contributed by atoms with Gasteiger partial charge in [-0.25, -0.2) is 0 Å². The van der Waals surface area contributed by atoms with Gasteiger partial charge in [0, 0.05) is 44.6 Å². The highest BCUT2D eigenvalue weighted by Crippen LogP contribution is 2.22. The van der Waals surface area contributed by atoms with E-state index >= 15 is 0 Å². The van der Waals surface area contributed by atoms with Crippen LogP contribution in [0.3, 0.4) is 0 Å². The number of carbonyl (C=O) groups excluding carboxylic acids is 2. The van der Waals surface area contributed by atoms with Gasteiger partial charge in [-0.2, -0.15) is 0 Å². The number of aromatic nitrogens is 1. The van der Waals surface area contributed by atoms with E-state index in [9.17, 15) is 9.59 Å². The maximum absolute atomic E-state index is 12.5. The van der Waals surface area contributed by atoms with Gasteiger partial charge in [0.05, 0.1) is 11.3 Å². The van der Waals surface area contributed by atoms with Crippen molar-refractivity contribution in [2.24, 2.45) is 0 Å². The number of nitrogens with zero attached hydrogens (tertiary/aromatic N) is 3. The van der Waals surface area contributed by atoms with Crippen molar-refractivity contribution >= 4 is 18.0 Å². The highest BCUT2D eigenvalue weighted by Gasteiger charge is 2.22. The summed E-state index contributed by atoms with van der Waals surface area (Å²) in [6.07, 6.45) is 9.15. The Morgan fingerprint density at radius 3 is 2.59 bits per heavy atom. The Hall–Kier alpha value is -2.11. The van der Waals surface area contributed by atoms with Crippen molar-refractivity contribution in [2.45, 2.75) is 31.7 Å². The maximum Gasteiger partial charge on any atom is 0.255 e. The summed E-state index contributed by atoms with van der Waals surface area (Å²) >= 11 is 0. The van der Waals surface area contributed by atoms with Gasteiger partial charge in [0.1, 0.15) is 0 Å². The van der Waals surface area contributed by atoms with Crippen LogP contribution in [0.1, 0.15) is 36.0 Å². The van der Waals surface area contributed by atoms with Gasteiger partial charge in [-0.05, 0) is 18.9 Å². The first-order valence-electron chi connectivity index (χ1n) is 7.96. The fourth-order valence-electron chi connectivity index (χ4n) is 3.15. The summed E-state index contributed by atoms with van der Waals surface area (Å²) in [5.74, 6) is -0.00637. The highest BCUT2D eigenvalue weighted by molar-refractivity contribution is 5.94. The molecule has 6 nitrogen and oxygen atoms in total. The molecule has 118 valence electrons. The summed E-state index contributed by atoms with van der Waals surface area (Å²) in [6.45, 7) is 2.36. The number of amides is 2. The summed E-state index contributed by atoms with van der Waals surface area (Å²) in [6, 6.07) is 2.39. The Labute approximate surface area is 130 Å². The standard InChI is InChI=1S/C16H22N4O2/c21-12-19-5-7-20(8-6-19)16(22)13-9-15(11-17-10-13)18-14-3-1-2-4-14/h9-12,14,18H,1-8H2. The van der Waals surface area contributed by atoms with E-state index in [-0.39, 0.29) is 5.91 Å². The molecule has 1 aromatic heterocycles. The van der Waals surface area contributed by atoms with Gasteiger partial charge in [0.2, 0.25) is 6.41 Å². The third kappa shape index (κ3) is 3.37. The molecule has 3 rings (SSSR count). The zero-order chi connectivity index (χ0) is 15.4. The summed E-state index contributed by atoms with van der Waals surface area (Å²) < 4.78 is 0. The molecule has 1 aromatic rings. The van der Waals surface area contributed by atoms with E-state index in [1.165, 1.54) is 25.7 Å². The van der Waals surface area contributed by atoms with E-state index in [0.717, 1.165) is 12.1 Å². The number of anilines is 1. The van der Waals surface area contributed by atoms with Crippen LogP contribution < -0.4 is 5.32 Å². The quantitative estimate of drug-likeness (QED) is 0.853. The molecule has 1 saturated heterocycles. The van der Waals surface area contributed by atoms with Gasteiger partial charge in [-0.3, -0.25) is 14.6 Å². The van der Waals surface area contributed by atoms with Crippen molar-refractivity contribution in [1.29, 1.82) is 0 Å². The van der Waals surface area contributed by atoms with Crippen molar-refractivity contribution in [3.05, 3.63) is 24.0 Å². The minimum atomic E-state index is -0.00637. The third-order valence-corrected chi connectivity index (χ3v) is 4.46. The molecule has 0 atom stereocenters. The molecule has 0 radical (unpaired) electrons. The molecule has 0 spiro atoms. The van der Waals surface area contributed by atoms with Crippen LogP contribution >= 0.6 is 0 Å². The second-order valence-electron chi connectivity index (χ2n) is 6.02. The molecule has 2 aliphatic rings. The monoisotopic (exact) mass is 302 g/mol. The minimum Gasteiger partial charge on any atom is -0.381 e. The molecule has 0 aromatic carbocycles. The minimum absolute atomic E-state index is 0.00637. The summed E-state index contributed by atoms with van der Waals surface area (Å²) in [7, 11) is 0. The van der Waals surface area contributed by atoms with Gasteiger partial charge in [-0.1, -0.05) is 12.8 Å². The normalized spacial score (nSPS) is 19.3. The Kier molecular flexibility index (Phi) is 4.56. The van der Waals surface area contributed by atoms with Crippen LogP contribution in [0, 0.1) is 0 Å². The van der Waals surface area contributed by atoms with Crippen LogP contribution in [0.25, 0.3) is 0 Å². The molecule has 1 saturated carbocycles. The lowest BCUT2D eigenvalue weighted by Crippen LogP contribution is -2.48. The van der Waals surface area contributed by atoms with Gasteiger partial charge in [0.15, 0.2) is 0 Å². The molecule has 2 fully saturated rings. The molecule has 0 bridgehead atoms. The Balaban J connectivity index is 1.63. The predicted octanol–water partition coefficient (Wildman–Crippen LogP) is 1.35. The smallest absolute Gasteiger partial charge is 0.255 e. The van der Waals surface area contributed by atoms with Gasteiger partial charge >= 0.3 is 0 Å². The van der Waals surface area contributed by atoms with Crippen molar-refractivity contribution < 1.29 is 9.59 Å². The van der Waals surface area contributed by atoms with Crippen LogP contribution in [0.2, 0.25) is 0 Å². The Morgan fingerprint density at radius 1 is 1.18 bits per heavy atom. The first-order chi connectivity index (χ1) is 10.8. The predicted molar refractivity (Wildman–Crippen MR) is 83.7 cm³/mol. The van der Waals surface area contributed by atoms with E-state index < -0.39 is 0 Å². The molecule has 6 heteroatoms. The first kappa shape index (κ1) is 14.8. The van der Waals surface area contributed by atoms with Gasteiger partial charge in [0.25, 0.3) is 5.91 Å². The fraction of sp³-hybridized carbons (Fsp3) is 0.562. The molecular weight excluding hydrogens is 280 g/mol. The number of carbonyl (C=O) groups is 2. The lowest BCUT2D eigenvalue weighted by Gasteiger charge is -2.32. The number of hydrogen-bond donors (Lipinski definition) is 1. The largest absolute Gasteiger partial charge is 0.381 e. The topological polar surface area (TPSA) is 65.5 Å². The number of piperazine rings is 1. The highest BCUT2D eigenvalue weighted by atomic mass is 16.2. The SMILES string of the molecule is O=CN1CCN(C(=O)c2cncc(NC3CCCC3)c2)CC1. The second kappa shape index (κ2) is 6.77. The summed E-state index contributed by atoms with van der Waals surface area (Å²) in [4.78, 5) is 30.9. The van der Waals surface area contributed by atoms with E-state index in [1.54, 1.807) is 22.2 Å². The molecular formula is C16H22N4O2. The molecule has 22 heavy (non-hydrogen) atoms. The molecule has 1 aliphatic heterocycles. The summed E-state index contributed by atoms with van der Waals surface area (Å²) in [5.41, 5.74) is 1.53. The molecule has 1 N–H and O–H groups in total. The van der Waals surface area contributed by atoms with E-state index in [1.807, 2.05) is 6.07 Å². The molecule has 0 unspecified atom stereocenters. The van der Waals surface area contributed by atoms with E-state index in [4.69, 9.17) is 0 Å². The Morgan fingerprint density at radius 2 is 1.91 bits per heavy atom. The van der Waals surface area contributed by atoms with E-state index in [0.29, 0.717) is 37.8 Å². The lowest BCUT2D eigenvalue weighted by molar-refractivity contribution is -0.119. The summed E-state index contributed by atoms with van der Waals surface area (Å²) in [5, 5.41) is 3.47. The average Bonchev–Trinajstić information content (AvgIpc) is 3.07. The number of rotatable bonds is 4. The molecule has 2 amide bonds. The van der Waals surface area contributed by atoms with Crippen LogP contribution in [0.15, 0.2) is 18.5 Å². The third-order valence-electron chi connectivity index (χ3n) is 4.46. The zero-order valence-corrected chi connectivity index (χ0v) is 12.7. The van der Waals surface area contributed by atoms with Crippen LogP contribution in [0.4, 0.5) is 5.69 Å². The van der Waals surface area contributed by atoms with Crippen LogP contribution in [-0.4, -0.2) is 59.3 Å². The van der Waals surface area contributed by atoms with Crippen LogP contribution in [-0.2, 0) is 4.79 Å². The fourth-order valence-corrected chi connectivity index (χ4v) is 3.15. The first-order valence-corrected chi connectivity index (χ1v) is 7.96. The van der Waals surface area contributed by atoms with Crippen molar-refractivity contribution in [1.82, 2.24) is 14.8 Å². The number of pyridine rings is 1. The Bertz CT molecular complexity index is 535. The van der Waals surface area contributed by atoms with E-state index in [2.05, 4.69) is 10.3 Å². The second-order valence-corrected chi connectivity index (χ2v) is 6.02. The van der Waals surface area contributed by atoms with Crippen molar-refractivity contribution in [2.75, 3.05) is 31.5 Å². The number of hydrogen-bond acceptors (Lipinski definition) is 4. The van der Waals surface area contributed by atoms with Gasteiger partial charge in [-0.15, -0.1) is 0 Å². The van der Waals surface area contributed by atoms with Crippen molar-refractivity contribution in [3.63, 3.8) is 0 Å². The maximum atomic E-state index is 12.5. The average molecular weight is 302 g/mol. The zero-order valence-electron chi connectivity index (χ0n) is 12.7. The van der Waals surface area contributed by atoms with Crippen LogP contribution in [0.5, 0.6) is 0 Å². The lowest BCUT2D eigenvalue weighted by atomic mass is 10.2. The molecule has 2 heterocycles. The van der Waals surface area contributed by atoms with Gasteiger partial charge < -0.3 is 15.1 Å².